The van der Waals surface area contributed by atoms with Crippen LogP contribution in [0.15, 0.2) is 72.8 Å². The summed E-state index contributed by atoms with van der Waals surface area (Å²) in [5.74, 6) is -0.534. The van der Waals surface area contributed by atoms with Gasteiger partial charge in [0, 0.05) is 21.3 Å². The van der Waals surface area contributed by atoms with Crippen molar-refractivity contribution in [3.63, 3.8) is 0 Å². The van der Waals surface area contributed by atoms with Gasteiger partial charge >= 0.3 is 0 Å². The molecule has 8 heteroatoms. The lowest BCUT2D eigenvalue weighted by Crippen LogP contribution is -2.14. The van der Waals surface area contributed by atoms with Crippen molar-refractivity contribution in [1.82, 2.24) is 14.8 Å². The number of benzene rings is 3. The summed E-state index contributed by atoms with van der Waals surface area (Å²) in [5, 5.41) is 8.05. The fourth-order valence-corrected chi connectivity index (χ4v) is 3.12. The number of nitrogens with one attached hydrogen (secondary N) is 1. The zero-order chi connectivity index (χ0) is 20.4. The third kappa shape index (κ3) is 4.29. The Morgan fingerprint density at radius 1 is 0.931 bits per heavy atom. The molecule has 0 fully saturated rings. The average molecular weight is 427 g/mol. The maximum absolute atomic E-state index is 13.3. The summed E-state index contributed by atoms with van der Waals surface area (Å²) in [6.07, 6.45) is 0. The smallest absolute Gasteiger partial charge is 0.295 e. The summed E-state index contributed by atoms with van der Waals surface area (Å²) in [7, 11) is 0. The minimum Gasteiger partial charge on any atom is -0.319 e. The molecule has 0 saturated heterocycles. The highest BCUT2D eigenvalue weighted by atomic mass is 35.5. The minimum atomic E-state index is -0.503. The summed E-state index contributed by atoms with van der Waals surface area (Å²) in [6, 6.07) is 19.5. The van der Waals surface area contributed by atoms with Crippen LogP contribution in [0.2, 0.25) is 10.0 Å². The molecule has 144 valence electrons. The molecule has 1 heterocycles. The molecule has 1 amide bonds. The van der Waals surface area contributed by atoms with Crippen LogP contribution in [0.4, 0.5) is 10.1 Å². The van der Waals surface area contributed by atoms with Crippen LogP contribution in [0.1, 0.15) is 10.6 Å². The molecule has 0 aliphatic heterocycles. The van der Waals surface area contributed by atoms with Crippen LogP contribution in [0.3, 0.4) is 0 Å². The molecule has 4 rings (SSSR count). The van der Waals surface area contributed by atoms with Gasteiger partial charge < -0.3 is 5.32 Å². The van der Waals surface area contributed by atoms with E-state index in [1.165, 1.54) is 16.8 Å². The normalized spacial score (nSPS) is 10.7. The van der Waals surface area contributed by atoms with Crippen LogP contribution in [0.25, 0.3) is 17.1 Å². The number of halogens is 3. The maximum atomic E-state index is 13.3. The standard InChI is InChI=1S/C21H13Cl2FN4O/c22-14-4-1-3-13(11-14)20-26-19(21(29)25-17-6-2-5-15(23)12-17)27-28(20)18-9-7-16(24)8-10-18/h1-12H,(H,25,29). The van der Waals surface area contributed by atoms with Gasteiger partial charge in [0.1, 0.15) is 5.82 Å². The first-order valence-corrected chi connectivity index (χ1v) is 9.31. The van der Waals surface area contributed by atoms with Crippen molar-refractivity contribution in [2.45, 2.75) is 0 Å². The summed E-state index contributed by atoms with van der Waals surface area (Å²) in [5.41, 5.74) is 1.73. The van der Waals surface area contributed by atoms with Crippen LogP contribution in [-0.2, 0) is 0 Å². The highest BCUT2D eigenvalue weighted by molar-refractivity contribution is 6.31. The van der Waals surface area contributed by atoms with Gasteiger partial charge in [-0.25, -0.2) is 14.1 Å². The van der Waals surface area contributed by atoms with Crippen molar-refractivity contribution in [1.29, 1.82) is 0 Å². The molecule has 0 saturated carbocycles. The zero-order valence-electron chi connectivity index (χ0n) is 14.8. The molecule has 1 N–H and O–H groups in total. The Kier molecular flexibility index (Phi) is 5.29. The number of rotatable bonds is 4. The van der Waals surface area contributed by atoms with Gasteiger partial charge in [-0.2, -0.15) is 0 Å². The topological polar surface area (TPSA) is 59.8 Å². The van der Waals surface area contributed by atoms with Crippen molar-refractivity contribution < 1.29 is 9.18 Å². The molecule has 3 aromatic carbocycles. The van der Waals surface area contributed by atoms with Crippen molar-refractivity contribution in [2.75, 3.05) is 5.32 Å². The Bertz CT molecular complexity index is 1190. The molecule has 0 bridgehead atoms. The summed E-state index contributed by atoms with van der Waals surface area (Å²) in [6.45, 7) is 0. The van der Waals surface area contributed by atoms with Crippen LogP contribution in [0.5, 0.6) is 0 Å². The van der Waals surface area contributed by atoms with E-state index < -0.39 is 5.91 Å². The molecule has 0 atom stereocenters. The largest absolute Gasteiger partial charge is 0.319 e. The van der Waals surface area contributed by atoms with E-state index >= 15 is 0 Å². The van der Waals surface area contributed by atoms with Gasteiger partial charge in [-0.1, -0.05) is 41.4 Å². The molecule has 4 aromatic rings. The molecule has 0 radical (unpaired) electrons. The number of amides is 1. The van der Waals surface area contributed by atoms with E-state index in [9.17, 15) is 9.18 Å². The van der Waals surface area contributed by atoms with E-state index in [4.69, 9.17) is 23.2 Å². The second-order valence-corrected chi connectivity index (χ2v) is 6.99. The molecular formula is C21H13Cl2FN4O. The first kappa shape index (κ1) is 19.1. The van der Waals surface area contributed by atoms with Gasteiger partial charge in [0.25, 0.3) is 5.91 Å². The SMILES string of the molecule is O=C(Nc1cccc(Cl)c1)c1nc(-c2cccc(Cl)c2)n(-c2ccc(F)cc2)n1. The summed E-state index contributed by atoms with van der Waals surface area (Å²) in [4.78, 5) is 17.1. The Hall–Kier alpha value is -3.22. The lowest BCUT2D eigenvalue weighted by molar-refractivity contribution is 0.101. The molecule has 0 spiro atoms. The van der Waals surface area contributed by atoms with Crippen molar-refractivity contribution >= 4 is 34.8 Å². The zero-order valence-corrected chi connectivity index (χ0v) is 16.3. The van der Waals surface area contributed by atoms with Gasteiger partial charge in [0.15, 0.2) is 5.82 Å². The molecule has 5 nitrogen and oxygen atoms in total. The second kappa shape index (κ2) is 8.03. The first-order valence-electron chi connectivity index (χ1n) is 8.55. The molecule has 29 heavy (non-hydrogen) atoms. The minimum absolute atomic E-state index is 0.0516. The van der Waals surface area contributed by atoms with E-state index in [0.717, 1.165) is 0 Å². The highest BCUT2D eigenvalue weighted by Crippen LogP contribution is 2.24. The van der Waals surface area contributed by atoms with E-state index in [0.29, 0.717) is 32.8 Å². The van der Waals surface area contributed by atoms with E-state index in [1.807, 2.05) is 0 Å². The number of anilines is 1. The number of aromatic nitrogens is 3. The van der Waals surface area contributed by atoms with Gasteiger partial charge in [-0.15, -0.1) is 5.10 Å². The van der Waals surface area contributed by atoms with Gasteiger partial charge in [0.05, 0.1) is 5.69 Å². The monoisotopic (exact) mass is 426 g/mol. The lowest BCUT2D eigenvalue weighted by Gasteiger charge is -2.06. The number of carbonyl (C=O) groups excluding carboxylic acids is 1. The molecule has 0 aliphatic carbocycles. The third-order valence-electron chi connectivity index (χ3n) is 4.05. The molecule has 0 unspecified atom stereocenters. The van der Waals surface area contributed by atoms with Crippen molar-refractivity contribution in [2.24, 2.45) is 0 Å². The number of nitrogens with zero attached hydrogens (tertiary/aromatic N) is 3. The summed E-state index contributed by atoms with van der Waals surface area (Å²) >= 11 is 12.1. The third-order valence-corrected chi connectivity index (χ3v) is 4.52. The Labute approximate surface area is 175 Å². The van der Waals surface area contributed by atoms with E-state index in [1.54, 1.807) is 60.7 Å². The van der Waals surface area contributed by atoms with Gasteiger partial charge in [-0.05, 0) is 54.6 Å². The second-order valence-electron chi connectivity index (χ2n) is 6.12. The van der Waals surface area contributed by atoms with Gasteiger partial charge in [-0.3, -0.25) is 4.79 Å². The molecule has 1 aromatic heterocycles. The van der Waals surface area contributed by atoms with Crippen molar-refractivity contribution in [3.05, 3.63) is 94.5 Å². The van der Waals surface area contributed by atoms with E-state index in [-0.39, 0.29) is 11.6 Å². The Morgan fingerprint density at radius 3 is 2.31 bits per heavy atom. The van der Waals surface area contributed by atoms with E-state index in [2.05, 4.69) is 15.4 Å². The fourth-order valence-electron chi connectivity index (χ4n) is 2.74. The summed E-state index contributed by atoms with van der Waals surface area (Å²) < 4.78 is 14.8. The van der Waals surface area contributed by atoms with Crippen LogP contribution < -0.4 is 5.32 Å². The van der Waals surface area contributed by atoms with Crippen LogP contribution in [0, 0.1) is 5.82 Å². The highest BCUT2D eigenvalue weighted by Gasteiger charge is 2.19. The average Bonchev–Trinajstić information content (AvgIpc) is 3.14. The quantitative estimate of drug-likeness (QED) is 0.459. The Morgan fingerprint density at radius 2 is 1.62 bits per heavy atom. The fraction of sp³-hybridized carbons (Fsp3) is 0. The molecule has 0 aliphatic rings. The Balaban J connectivity index is 1.76. The predicted molar refractivity (Wildman–Crippen MR) is 111 cm³/mol. The number of hydrogen-bond acceptors (Lipinski definition) is 3. The van der Waals surface area contributed by atoms with Crippen molar-refractivity contribution in [3.8, 4) is 17.1 Å². The predicted octanol–water partition coefficient (Wildman–Crippen LogP) is 5.63. The molecular weight excluding hydrogens is 414 g/mol. The first-order chi connectivity index (χ1) is 14.0. The number of carbonyl (C=O) groups is 1. The maximum Gasteiger partial charge on any atom is 0.295 e. The van der Waals surface area contributed by atoms with Crippen LogP contribution >= 0.6 is 23.2 Å². The van der Waals surface area contributed by atoms with Crippen LogP contribution in [-0.4, -0.2) is 20.7 Å². The number of hydrogen-bond donors (Lipinski definition) is 1. The lowest BCUT2D eigenvalue weighted by atomic mass is 10.2. The van der Waals surface area contributed by atoms with Gasteiger partial charge in [0.2, 0.25) is 5.82 Å².